The van der Waals surface area contributed by atoms with Crippen LogP contribution in [0.3, 0.4) is 0 Å². The van der Waals surface area contributed by atoms with Crippen molar-refractivity contribution in [2.45, 2.75) is 6.92 Å². The SMILES string of the molecule is Cc1oc(-c2ccc(F)cc2)cc1C(=O)NCCO. The van der Waals surface area contributed by atoms with Crippen LogP contribution in [0.2, 0.25) is 0 Å². The lowest BCUT2D eigenvalue weighted by Gasteiger charge is -2.00. The lowest BCUT2D eigenvalue weighted by atomic mass is 10.1. The molecule has 0 bridgehead atoms. The fourth-order valence-corrected chi connectivity index (χ4v) is 1.73. The van der Waals surface area contributed by atoms with Crippen molar-refractivity contribution in [3.63, 3.8) is 0 Å². The predicted molar refractivity (Wildman–Crippen MR) is 68.3 cm³/mol. The first-order valence-corrected chi connectivity index (χ1v) is 5.87. The van der Waals surface area contributed by atoms with Gasteiger partial charge < -0.3 is 14.8 Å². The number of furan rings is 1. The Balaban J connectivity index is 2.25. The third-order valence-electron chi connectivity index (χ3n) is 2.69. The Bertz CT molecular complexity index is 575. The third-order valence-corrected chi connectivity index (χ3v) is 2.69. The Morgan fingerprint density at radius 1 is 1.37 bits per heavy atom. The zero-order chi connectivity index (χ0) is 13.8. The van der Waals surface area contributed by atoms with E-state index in [9.17, 15) is 9.18 Å². The molecule has 1 heterocycles. The molecular weight excluding hydrogens is 249 g/mol. The van der Waals surface area contributed by atoms with E-state index in [-0.39, 0.29) is 24.9 Å². The zero-order valence-corrected chi connectivity index (χ0v) is 10.4. The summed E-state index contributed by atoms with van der Waals surface area (Å²) >= 11 is 0. The highest BCUT2D eigenvalue weighted by molar-refractivity contribution is 5.96. The molecule has 4 nitrogen and oxygen atoms in total. The van der Waals surface area contributed by atoms with E-state index in [1.165, 1.54) is 12.1 Å². The largest absolute Gasteiger partial charge is 0.461 e. The van der Waals surface area contributed by atoms with Crippen LogP contribution in [-0.2, 0) is 0 Å². The number of aliphatic hydroxyl groups is 1. The number of hydrogen-bond donors (Lipinski definition) is 2. The molecule has 100 valence electrons. The first-order chi connectivity index (χ1) is 9.11. The van der Waals surface area contributed by atoms with Crippen LogP contribution in [0, 0.1) is 12.7 Å². The number of carbonyl (C=O) groups excluding carboxylic acids is 1. The van der Waals surface area contributed by atoms with Gasteiger partial charge in [-0.3, -0.25) is 4.79 Å². The maximum absolute atomic E-state index is 12.8. The number of nitrogens with one attached hydrogen (secondary N) is 1. The van der Waals surface area contributed by atoms with E-state index < -0.39 is 0 Å². The molecule has 0 atom stereocenters. The molecule has 0 saturated heterocycles. The molecule has 2 aromatic rings. The molecule has 5 heteroatoms. The van der Waals surface area contributed by atoms with Crippen molar-refractivity contribution in [3.05, 3.63) is 47.5 Å². The highest BCUT2D eigenvalue weighted by atomic mass is 19.1. The maximum Gasteiger partial charge on any atom is 0.254 e. The summed E-state index contributed by atoms with van der Waals surface area (Å²) in [5, 5.41) is 11.2. The van der Waals surface area contributed by atoms with Crippen molar-refractivity contribution >= 4 is 5.91 Å². The van der Waals surface area contributed by atoms with Gasteiger partial charge in [0.2, 0.25) is 0 Å². The second-order valence-electron chi connectivity index (χ2n) is 4.07. The number of rotatable bonds is 4. The van der Waals surface area contributed by atoms with Gasteiger partial charge in [0, 0.05) is 12.1 Å². The molecule has 0 unspecified atom stereocenters. The van der Waals surface area contributed by atoms with E-state index in [2.05, 4.69) is 5.32 Å². The van der Waals surface area contributed by atoms with Crippen LogP contribution < -0.4 is 5.32 Å². The molecule has 19 heavy (non-hydrogen) atoms. The van der Waals surface area contributed by atoms with E-state index in [1.54, 1.807) is 25.1 Å². The van der Waals surface area contributed by atoms with E-state index in [4.69, 9.17) is 9.52 Å². The van der Waals surface area contributed by atoms with Gasteiger partial charge in [-0.2, -0.15) is 0 Å². The van der Waals surface area contributed by atoms with Crippen LogP contribution in [0.25, 0.3) is 11.3 Å². The topological polar surface area (TPSA) is 62.5 Å². The fraction of sp³-hybridized carbons (Fsp3) is 0.214. The van der Waals surface area contributed by atoms with Gasteiger partial charge in [0.1, 0.15) is 17.3 Å². The molecule has 0 radical (unpaired) electrons. The number of halogens is 1. The third kappa shape index (κ3) is 3.00. The molecule has 1 aromatic heterocycles. The molecule has 0 aliphatic heterocycles. The number of hydrogen-bond acceptors (Lipinski definition) is 3. The van der Waals surface area contributed by atoms with Gasteiger partial charge in [-0.25, -0.2) is 4.39 Å². The van der Waals surface area contributed by atoms with Gasteiger partial charge in [0.05, 0.1) is 12.2 Å². The van der Waals surface area contributed by atoms with E-state index in [0.29, 0.717) is 22.6 Å². The number of aliphatic hydroxyl groups excluding tert-OH is 1. The minimum absolute atomic E-state index is 0.118. The Labute approximate surface area is 109 Å². The zero-order valence-electron chi connectivity index (χ0n) is 10.4. The minimum Gasteiger partial charge on any atom is -0.461 e. The van der Waals surface area contributed by atoms with Crippen LogP contribution >= 0.6 is 0 Å². The van der Waals surface area contributed by atoms with Gasteiger partial charge in [-0.15, -0.1) is 0 Å². The average Bonchev–Trinajstić information content (AvgIpc) is 2.79. The second kappa shape index (κ2) is 5.67. The fourth-order valence-electron chi connectivity index (χ4n) is 1.73. The summed E-state index contributed by atoms with van der Waals surface area (Å²) in [5.74, 6) is 0.359. The summed E-state index contributed by atoms with van der Waals surface area (Å²) in [6.07, 6.45) is 0. The van der Waals surface area contributed by atoms with Crippen molar-refractivity contribution in [3.8, 4) is 11.3 Å². The molecule has 2 rings (SSSR count). The van der Waals surface area contributed by atoms with Crippen molar-refractivity contribution in [2.24, 2.45) is 0 Å². The molecule has 1 amide bonds. The Morgan fingerprint density at radius 3 is 2.68 bits per heavy atom. The second-order valence-corrected chi connectivity index (χ2v) is 4.07. The maximum atomic E-state index is 12.8. The highest BCUT2D eigenvalue weighted by Crippen LogP contribution is 2.25. The van der Waals surface area contributed by atoms with Gasteiger partial charge in [-0.1, -0.05) is 0 Å². The average molecular weight is 263 g/mol. The summed E-state index contributed by atoms with van der Waals surface area (Å²) < 4.78 is 18.3. The van der Waals surface area contributed by atoms with Crippen molar-refractivity contribution in [1.82, 2.24) is 5.32 Å². The van der Waals surface area contributed by atoms with E-state index in [0.717, 1.165) is 0 Å². The van der Waals surface area contributed by atoms with Gasteiger partial charge >= 0.3 is 0 Å². The number of aryl methyl sites for hydroxylation is 1. The van der Waals surface area contributed by atoms with Crippen LogP contribution in [-0.4, -0.2) is 24.2 Å². The molecule has 0 aliphatic rings. The molecule has 0 fully saturated rings. The molecule has 0 spiro atoms. The number of benzene rings is 1. The lowest BCUT2D eigenvalue weighted by molar-refractivity contribution is 0.0943. The van der Waals surface area contributed by atoms with Gasteiger partial charge in [0.25, 0.3) is 5.91 Å². The quantitative estimate of drug-likeness (QED) is 0.888. The van der Waals surface area contributed by atoms with E-state index >= 15 is 0 Å². The first-order valence-electron chi connectivity index (χ1n) is 5.87. The summed E-state index contributed by atoms with van der Waals surface area (Å²) in [6, 6.07) is 7.44. The minimum atomic E-state index is -0.326. The van der Waals surface area contributed by atoms with Gasteiger partial charge in [-0.05, 0) is 37.3 Å². The Hall–Kier alpha value is -2.14. The van der Waals surface area contributed by atoms with Crippen molar-refractivity contribution < 1.29 is 18.7 Å². The number of carbonyl (C=O) groups is 1. The molecule has 0 aliphatic carbocycles. The van der Waals surface area contributed by atoms with Crippen molar-refractivity contribution in [2.75, 3.05) is 13.2 Å². The summed E-state index contributed by atoms with van der Waals surface area (Å²) in [5.41, 5.74) is 1.11. The van der Waals surface area contributed by atoms with Crippen molar-refractivity contribution in [1.29, 1.82) is 0 Å². The smallest absolute Gasteiger partial charge is 0.254 e. The number of amides is 1. The normalized spacial score (nSPS) is 10.5. The summed E-state index contributed by atoms with van der Waals surface area (Å²) in [4.78, 5) is 11.8. The van der Waals surface area contributed by atoms with Crippen LogP contribution in [0.5, 0.6) is 0 Å². The van der Waals surface area contributed by atoms with Crippen LogP contribution in [0.4, 0.5) is 4.39 Å². The monoisotopic (exact) mass is 263 g/mol. The summed E-state index contributed by atoms with van der Waals surface area (Å²) in [7, 11) is 0. The molecule has 1 aromatic carbocycles. The van der Waals surface area contributed by atoms with Crippen LogP contribution in [0.15, 0.2) is 34.7 Å². The summed E-state index contributed by atoms with van der Waals surface area (Å²) in [6.45, 7) is 1.75. The molecular formula is C14H14FNO3. The molecule has 2 N–H and O–H groups in total. The highest BCUT2D eigenvalue weighted by Gasteiger charge is 2.15. The van der Waals surface area contributed by atoms with E-state index in [1.807, 2.05) is 0 Å². The lowest BCUT2D eigenvalue weighted by Crippen LogP contribution is -2.26. The van der Waals surface area contributed by atoms with Crippen LogP contribution in [0.1, 0.15) is 16.1 Å². The Morgan fingerprint density at radius 2 is 2.05 bits per heavy atom. The first kappa shape index (κ1) is 13.3. The molecule has 0 saturated carbocycles. The predicted octanol–water partition coefficient (Wildman–Crippen LogP) is 2.12. The standard InChI is InChI=1S/C14H14FNO3/c1-9-12(14(18)16-6-7-17)8-13(19-9)10-2-4-11(15)5-3-10/h2-5,8,17H,6-7H2,1H3,(H,16,18). The Kier molecular flexibility index (Phi) is 3.97. The van der Waals surface area contributed by atoms with Gasteiger partial charge in [0.15, 0.2) is 0 Å².